The van der Waals surface area contributed by atoms with Gasteiger partial charge in [-0.05, 0) is 16.6 Å². The van der Waals surface area contributed by atoms with Crippen molar-refractivity contribution in [3.63, 3.8) is 0 Å². The Balaban J connectivity index is 2.65. The molecule has 1 unspecified atom stereocenters. The Hall–Kier alpha value is -0.780. The minimum Gasteiger partial charge on any atom is -0.123 e. The molecule has 0 amide bonds. The normalized spacial score (nSPS) is 11.8. The minimum atomic E-state index is 0.817. The lowest BCUT2D eigenvalue weighted by atomic mass is 10.2. The Bertz CT molecular complexity index is 610. The summed E-state index contributed by atoms with van der Waals surface area (Å²) in [4.78, 5) is 0. The predicted molar refractivity (Wildman–Crippen MR) is 68.7 cm³/mol. The van der Waals surface area contributed by atoms with Crippen molar-refractivity contribution < 1.29 is 0 Å². The predicted octanol–water partition coefficient (Wildman–Crippen LogP) is 4.79. The number of rotatable bonds is 0. The van der Waals surface area contributed by atoms with Gasteiger partial charge in [0.25, 0.3) is 0 Å². The molecule has 0 nitrogen and oxygen atoms in total. The lowest BCUT2D eigenvalue weighted by Crippen LogP contribution is -1.67. The second-order valence-electron chi connectivity index (χ2n) is 3.33. The number of hydrogen-bond acceptors (Lipinski definition) is 0. The minimum absolute atomic E-state index is 0.817. The van der Waals surface area contributed by atoms with Crippen LogP contribution in [0, 0.1) is 0 Å². The molecule has 0 aliphatic carbocycles. The van der Waals surface area contributed by atoms with Crippen LogP contribution in [-0.2, 0) is 0 Å². The zero-order valence-corrected chi connectivity index (χ0v) is 10.0. The topological polar surface area (TPSA) is 0 Å². The van der Waals surface area contributed by atoms with Gasteiger partial charge in [0, 0.05) is 15.0 Å². The van der Waals surface area contributed by atoms with E-state index in [1.54, 1.807) is 0 Å². The molecule has 1 atom stereocenters. The van der Waals surface area contributed by atoms with Crippen LogP contribution in [0.1, 0.15) is 0 Å². The molecular weight excluding hydrogens is 255 g/mol. The smallest absolute Gasteiger partial charge is 0.0263 e. The SMILES string of the molecule is Brc1cccc2[pH]c3ccccc3c12. The summed E-state index contributed by atoms with van der Waals surface area (Å²) in [5.74, 6) is 0. The molecule has 0 saturated heterocycles. The van der Waals surface area contributed by atoms with E-state index in [0.717, 1.165) is 8.19 Å². The third-order valence-corrected chi connectivity index (χ3v) is 4.53. The lowest BCUT2D eigenvalue weighted by molar-refractivity contribution is 1.79. The van der Waals surface area contributed by atoms with Crippen LogP contribution in [0.2, 0.25) is 0 Å². The maximum atomic E-state index is 3.62. The van der Waals surface area contributed by atoms with Gasteiger partial charge in [-0.25, -0.2) is 0 Å². The van der Waals surface area contributed by atoms with E-state index in [2.05, 4.69) is 58.4 Å². The zero-order chi connectivity index (χ0) is 9.54. The largest absolute Gasteiger partial charge is 0.123 e. The van der Waals surface area contributed by atoms with E-state index in [-0.39, 0.29) is 0 Å². The van der Waals surface area contributed by atoms with Gasteiger partial charge >= 0.3 is 0 Å². The highest BCUT2D eigenvalue weighted by Gasteiger charge is 2.04. The fourth-order valence-corrected chi connectivity index (χ4v) is 4.01. The summed E-state index contributed by atoms with van der Waals surface area (Å²) in [5, 5.41) is 5.71. The monoisotopic (exact) mass is 262 g/mol. The highest BCUT2D eigenvalue weighted by Crippen LogP contribution is 2.40. The van der Waals surface area contributed by atoms with Gasteiger partial charge in [-0.1, -0.05) is 52.3 Å². The summed E-state index contributed by atoms with van der Waals surface area (Å²) < 4.78 is 1.22. The van der Waals surface area contributed by atoms with Gasteiger partial charge in [0.05, 0.1) is 0 Å². The first-order valence-electron chi connectivity index (χ1n) is 4.51. The molecular formula is C12H8BrP. The summed E-state index contributed by atoms with van der Waals surface area (Å²) in [6.45, 7) is 0. The molecule has 0 aliphatic rings. The first-order valence-corrected chi connectivity index (χ1v) is 6.30. The third-order valence-electron chi connectivity index (χ3n) is 2.48. The van der Waals surface area contributed by atoms with Crippen LogP contribution in [0.25, 0.3) is 21.0 Å². The van der Waals surface area contributed by atoms with Crippen LogP contribution in [0.5, 0.6) is 0 Å². The van der Waals surface area contributed by atoms with Crippen LogP contribution in [-0.4, -0.2) is 0 Å². The molecule has 0 saturated carbocycles. The van der Waals surface area contributed by atoms with Crippen LogP contribution in [0.15, 0.2) is 46.9 Å². The van der Waals surface area contributed by atoms with E-state index < -0.39 is 0 Å². The van der Waals surface area contributed by atoms with Crippen molar-refractivity contribution >= 4 is 45.1 Å². The molecule has 68 valence electrons. The third kappa shape index (κ3) is 1.13. The first kappa shape index (κ1) is 8.52. The van der Waals surface area contributed by atoms with Crippen LogP contribution < -0.4 is 0 Å². The molecule has 2 aromatic carbocycles. The van der Waals surface area contributed by atoms with Crippen molar-refractivity contribution in [1.29, 1.82) is 0 Å². The highest BCUT2D eigenvalue weighted by molar-refractivity contribution is 9.10. The van der Waals surface area contributed by atoms with Gasteiger partial charge in [0.2, 0.25) is 0 Å². The number of fused-ring (bicyclic) bond motifs is 3. The summed E-state index contributed by atoms with van der Waals surface area (Å²) in [6, 6.07) is 15.1. The van der Waals surface area contributed by atoms with Crippen molar-refractivity contribution in [1.82, 2.24) is 0 Å². The van der Waals surface area contributed by atoms with Gasteiger partial charge in [0.15, 0.2) is 0 Å². The van der Waals surface area contributed by atoms with E-state index in [1.807, 2.05) is 0 Å². The van der Waals surface area contributed by atoms with E-state index in [0.29, 0.717) is 0 Å². The van der Waals surface area contributed by atoms with Crippen LogP contribution in [0.4, 0.5) is 0 Å². The molecule has 2 heteroatoms. The Morgan fingerprint density at radius 2 is 1.64 bits per heavy atom. The molecule has 0 radical (unpaired) electrons. The maximum Gasteiger partial charge on any atom is 0.0263 e. The molecule has 3 aromatic rings. The lowest BCUT2D eigenvalue weighted by Gasteiger charge is -1.94. The molecule has 14 heavy (non-hydrogen) atoms. The Labute approximate surface area is 92.1 Å². The van der Waals surface area contributed by atoms with Crippen molar-refractivity contribution in [3.8, 4) is 0 Å². The average molecular weight is 263 g/mol. The number of hydrogen-bond donors (Lipinski definition) is 0. The Morgan fingerprint density at radius 3 is 2.57 bits per heavy atom. The summed E-state index contributed by atoms with van der Waals surface area (Å²) in [7, 11) is 0.817. The molecule has 0 aliphatic heterocycles. The van der Waals surface area contributed by atoms with Gasteiger partial charge < -0.3 is 0 Å². The van der Waals surface area contributed by atoms with Gasteiger partial charge in [-0.3, -0.25) is 0 Å². The molecule has 3 rings (SSSR count). The Morgan fingerprint density at radius 1 is 0.857 bits per heavy atom. The van der Waals surface area contributed by atoms with E-state index in [4.69, 9.17) is 0 Å². The zero-order valence-electron chi connectivity index (χ0n) is 7.42. The molecule has 0 fully saturated rings. The molecule has 0 N–H and O–H groups in total. The van der Waals surface area contributed by atoms with Gasteiger partial charge in [-0.15, -0.1) is 8.19 Å². The summed E-state index contributed by atoms with van der Waals surface area (Å²) in [5.41, 5.74) is 0. The van der Waals surface area contributed by atoms with Crippen molar-refractivity contribution in [2.24, 2.45) is 0 Å². The molecule has 1 aromatic heterocycles. The highest BCUT2D eigenvalue weighted by atomic mass is 79.9. The van der Waals surface area contributed by atoms with E-state index in [1.165, 1.54) is 25.5 Å². The van der Waals surface area contributed by atoms with Crippen LogP contribution in [0.3, 0.4) is 0 Å². The Kier molecular flexibility index (Phi) is 1.90. The fraction of sp³-hybridized carbons (Fsp3) is 0. The van der Waals surface area contributed by atoms with E-state index in [9.17, 15) is 0 Å². The quantitative estimate of drug-likeness (QED) is 0.547. The standard InChI is InChI=1S/C12H8BrP/c13-9-5-3-7-11-12(9)8-4-1-2-6-10(8)14-11/h1-7,14H. The van der Waals surface area contributed by atoms with Crippen molar-refractivity contribution in [2.45, 2.75) is 0 Å². The van der Waals surface area contributed by atoms with Crippen molar-refractivity contribution in [3.05, 3.63) is 46.9 Å². The van der Waals surface area contributed by atoms with E-state index >= 15 is 0 Å². The number of benzene rings is 2. The van der Waals surface area contributed by atoms with Gasteiger partial charge in [0.1, 0.15) is 0 Å². The first-order chi connectivity index (χ1) is 6.86. The summed E-state index contributed by atoms with van der Waals surface area (Å²) in [6.07, 6.45) is 0. The molecule has 1 heterocycles. The maximum absolute atomic E-state index is 3.62. The molecule has 0 spiro atoms. The van der Waals surface area contributed by atoms with Crippen LogP contribution >= 0.6 is 24.1 Å². The fourth-order valence-electron chi connectivity index (χ4n) is 1.86. The average Bonchev–Trinajstić information content (AvgIpc) is 2.57. The molecule has 0 bridgehead atoms. The summed E-state index contributed by atoms with van der Waals surface area (Å²) >= 11 is 3.62. The second-order valence-corrected chi connectivity index (χ2v) is 5.51. The number of halogens is 1. The van der Waals surface area contributed by atoms with Gasteiger partial charge in [-0.2, -0.15) is 0 Å². The second kappa shape index (κ2) is 3.12. The van der Waals surface area contributed by atoms with Crippen molar-refractivity contribution in [2.75, 3.05) is 0 Å².